The van der Waals surface area contributed by atoms with Gasteiger partial charge in [0, 0.05) is 4.88 Å². The molecule has 0 aromatic carbocycles. The van der Waals surface area contributed by atoms with Gasteiger partial charge in [0.05, 0.1) is 12.2 Å². The topological polar surface area (TPSA) is 81.4 Å². The van der Waals surface area contributed by atoms with E-state index < -0.39 is 12.0 Å². The molecular formula is C17H24N2O3S. The molecule has 0 spiro atoms. The van der Waals surface area contributed by atoms with Crippen LogP contribution in [0.5, 0.6) is 0 Å². The third kappa shape index (κ3) is 4.20. The molecule has 0 aliphatic heterocycles. The molecule has 1 aromatic rings. The Hall–Kier alpha value is -1.66. The summed E-state index contributed by atoms with van der Waals surface area (Å²) in [5.41, 5.74) is 7.03. The van der Waals surface area contributed by atoms with Gasteiger partial charge in [0.2, 0.25) is 0 Å². The van der Waals surface area contributed by atoms with Gasteiger partial charge in [-0.05, 0) is 44.1 Å². The van der Waals surface area contributed by atoms with Gasteiger partial charge in [-0.25, -0.2) is 0 Å². The first-order chi connectivity index (χ1) is 10.9. The third-order valence-corrected chi connectivity index (χ3v) is 5.22. The van der Waals surface area contributed by atoms with E-state index in [0.717, 1.165) is 29.7 Å². The molecule has 2 rings (SSSR count). The first kappa shape index (κ1) is 17.7. The quantitative estimate of drug-likeness (QED) is 0.593. The fourth-order valence-corrected chi connectivity index (χ4v) is 4.14. The van der Waals surface area contributed by atoms with E-state index >= 15 is 0 Å². The van der Waals surface area contributed by atoms with Crippen LogP contribution in [0.15, 0.2) is 12.7 Å². The molecular weight excluding hydrogens is 312 g/mol. The maximum atomic E-state index is 12.3. The predicted octanol–water partition coefficient (Wildman–Crippen LogP) is 2.89. The van der Waals surface area contributed by atoms with Gasteiger partial charge < -0.3 is 15.8 Å². The van der Waals surface area contributed by atoms with Gasteiger partial charge in [-0.2, -0.15) is 0 Å². The Labute approximate surface area is 140 Å². The summed E-state index contributed by atoms with van der Waals surface area (Å²) in [6, 6.07) is 0. The Morgan fingerprint density at radius 2 is 2.30 bits per heavy atom. The van der Waals surface area contributed by atoms with Crippen molar-refractivity contribution in [1.29, 1.82) is 0 Å². The minimum atomic E-state index is -0.589. The number of carbonyl (C=O) groups is 2. The molecule has 0 saturated carbocycles. The van der Waals surface area contributed by atoms with Crippen molar-refractivity contribution in [2.45, 2.75) is 45.6 Å². The number of hydrogen-bond donors (Lipinski definition) is 2. The van der Waals surface area contributed by atoms with Crippen molar-refractivity contribution in [3.8, 4) is 0 Å². The monoisotopic (exact) mass is 336 g/mol. The number of amides is 2. The number of nitrogens with one attached hydrogen (secondary N) is 1. The Kier molecular flexibility index (Phi) is 5.96. The van der Waals surface area contributed by atoms with Crippen LogP contribution in [0.25, 0.3) is 0 Å². The number of rotatable bonds is 7. The first-order valence-electron chi connectivity index (χ1n) is 7.91. The summed E-state index contributed by atoms with van der Waals surface area (Å²) >= 11 is 1.46. The molecule has 23 heavy (non-hydrogen) atoms. The smallest absolute Gasteiger partial charge is 0.253 e. The molecule has 1 aromatic heterocycles. The van der Waals surface area contributed by atoms with Crippen molar-refractivity contribution in [3.63, 3.8) is 0 Å². The lowest BCUT2D eigenvalue weighted by atomic mass is 9.88. The highest BCUT2D eigenvalue weighted by Gasteiger charge is 2.28. The zero-order valence-electron chi connectivity index (χ0n) is 13.7. The number of primary amides is 1. The van der Waals surface area contributed by atoms with E-state index in [4.69, 9.17) is 10.5 Å². The Balaban J connectivity index is 2.14. The van der Waals surface area contributed by atoms with Crippen LogP contribution in [0.2, 0.25) is 0 Å². The third-order valence-electron chi connectivity index (χ3n) is 4.05. The number of anilines is 1. The maximum absolute atomic E-state index is 12.3. The van der Waals surface area contributed by atoms with E-state index in [-0.39, 0.29) is 5.91 Å². The molecule has 6 heteroatoms. The Morgan fingerprint density at radius 3 is 2.96 bits per heavy atom. The van der Waals surface area contributed by atoms with Gasteiger partial charge in [0.15, 0.2) is 0 Å². The minimum absolute atomic E-state index is 0.261. The molecule has 0 saturated heterocycles. The molecule has 1 aliphatic rings. The highest BCUT2D eigenvalue weighted by Crippen LogP contribution is 2.39. The average Bonchev–Trinajstić information content (AvgIpc) is 2.84. The molecule has 2 amide bonds. The normalized spacial score (nSPS) is 18.1. The summed E-state index contributed by atoms with van der Waals surface area (Å²) in [7, 11) is 0. The maximum Gasteiger partial charge on any atom is 0.253 e. The van der Waals surface area contributed by atoms with E-state index in [9.17, 15) is 9.59 Å². The van der Waals surface area contributed by atoms with Crippen molar-refractivity contribution >= 4 is 28.2 Å². The van der Waals surface area contributed by atoms with Crippen LogP contribution in [0, 0.1) is 5.92 Å². The number of fused-ring (bicyclic) bond motifs is 1. The fourth-order valence-electron chi connectivity index (χ4n) is 2.72. The lowest BCUT2D eigenvalue weighted by Crippen LogP contribution is -2.28. The van der Waals surface area contributed by atoms with Crippen LogP contribution in [-0.2, 0) is 22.4 Å². The molecule has 2 atom stereocenters. The second-order valence-electron chi connectivity index (χ2n) is 6.00. The summed E-state index contributed by atoms with van der Waals surface area (Å²) < 4.78 is 5.44. The van der Waals surface area contributed by atoms with Gasteiger partial charge in [-0.1, -0.05) is 13.0 Å². The molecule has 126 valence electrons. The van der Waals surface area contributed by atoms with Gasteiger partial charge >= 0.3 is 0 Å². The molecule has 0 fully saturated rings. The van der Waals surface area contributed by atoms with Gasteiger partial charge in [0.1, 0.15) is 11.1 Å². The zero-order chi connectivity index (χ0) is 17.0. The highest BCUT2D eigenvalue weighted by atomic mass is 32.1. The lowest BCUT2D eigenvalue weighted by molar-refractivity contribution is -0.126. The Morgan fingerprint density at radius 1 is 1.57 bits per heavy atom. The molecule has 1 aliphatic carbocycles. The van der Waals surface area contributed by atoms with Crippen molar-refractivity contribution in [2.75, 3.05) is 11.9 Å². The van der Waals surface area contributed by atoms with Crippen LogP contribution in [-0.4, -0.2) is 24.5 Å². The standard InChI is InChI=1S/C17H24N2O3S/c1-4-5-8-22-11(3)16(21)19-17-14(15(18)20)12-7-6-10(2)9-13(12)23-17/h4,10-11H,1,5-9H2,2-3H3,(H2,18,20)(H,19,21). The second-order valence-corrected chi connectivity index (χ2v) is 7.10. The fraction of sp³-hybridized carbons (Fsp3) is 0.529. The van der Waals surface area contributed by atoms with Gasteiger partial charge in [0.25, 0.3) is 11.8 Å². The average molecular weight is 336 g/mol. The largest absolute Gasteiger partial charge is 0.368 e. The summed E-state index contributed by atoms with van der Waals surface area (Å²) in [6.45, 7) is 7.95. The molecule has 3 N–H and O–H groups in total. The van der Waals surface area contributed by atoms with Crippen molar-refractivity contribution in [2.24, 2.45) is 11.7 Å². The van der Waals surface area contributed by atoms with Crippen molar-refractivity contribution in [1.82, 2.24) is 0 Å². The Bertz CT molecular complexity index is 609. The van der Waals surface area contributed by atoms with E-state index in [1.165, 1.54) is 11.3 Å². The summed E-state index contributed by atoms with van der Waals surface area (Å²) in [4.78, 5) is 25.2. The molecule has 0 bridgehead atoms. The van der Waals surface area contributed by atoms with Gasteiger partial charge in [-0.3, -0.25) is 9.59 Å². The molecule has 1 heterocycles. The highest BCUT2D eigenvalue weighted by molar-refractivity contribution is 7.17. The summed E-state index contributed by atoms with van der Waals surface area (Å²) in [5.74, 6) is -0.151. The van der Waals surface area contributed by atoms with Crippen molar-refractivity contribution in [3.05, 3.63) is 28.7 Å². The second kappa shape index (κ2) is 7.75. The van der Waals surface area contributed by atoms with E-state index in [1.807, 2.05) is 0 Å². The van der Waals surface area contributed by atoms with Crippen LogP contribution in [0.1, 0.15) is 47.5 Å². The molecule has 5 nitrogen and oxygen atoms in total. The SMILES string of the molecule is C=CCCOC(C)C(=O)Nc1sc2c(c1C(N)=O)CCC(C)C2. The summed E-state index contributed by atoms with van der Waals surface area (Å²) in [5, 5.41) is 3.37. The number of thiophene rings is 1. The van der Waals surface area contributed by atoms with Crippen LogP contribution < -0.4 is 11.1 Å². The van der Waals surface area contributed by atoms with Crippen LogP contribution in [0.3, 0.4) is 0 Å². The number of carbonyl (C=O) groups excluding carboxylic acids is 2. The first-order valence-corrected chi connectivity index (χ1v) is 8.73. The van der Waals surface area contributed by atoms with Crippen LogP contribution in [0.4, 0.5) is 5.00 Å². The molecule has 2 unspecified atom stereocenters. The number of ether oxygens (including phenoxy) is 1. The van der Waals surface area contributed by atoms with E-state index in [1.54, 1.807) is 13.0 Å². The zero-order valence-corrected chi connectivity index (χ0v) is 14.5. The lowest BCUT2D eigenvalue weighted by Gasteiger charge is -2.18. The van der Waals surface area contributed by atoms with Crippen LogP contribution >= 0.6 is 11.3 Å². The van der Waals surface area contributed by atoms with E-state index in [0.29, 0.717) is 29.5 Å². The van der Waals surface area contributed by atoms with E-state index in [2.05, 4.69) is 18.8 Å². The van der Waals surface area contributed by atoms with Gasteiger partial charge in [-0.15, -0.1) is 17.9 Å². The summed E-state index contributed by atoms with van der Waals surface area (Å²) in [6.07, 6.45) is 4.65. The van der Waals surface area contributed by atoms with Crippen molar-refractivity contribution < 1.29 is 14.3 Å². The number of nitrogens with two attached hydrogens (primary N) is 1. The molecule has 0 radical (unpaired) electrons. The minimum Gasteiger partial charge on any atom is -0.368 e. The predicted molar refractivity (Wildman–Crippen MR) is 92.9 cm³/mol. The number of hydrogen-bond acceptors (Lipinski definition) is 4.